The van der Waals surface area contributed by atoms with Crippen molar-refractivity contribution in [2.24, 2.45) is 5.73 Å². The lowest BCUT2D eigenvalue weighted by Crippen LogP contribution is -2.44. The molecule has 6 nitrogen and oxygen atoms in total. The van der Waals surface area contributed by atoms with Crippen LogP contribution in [0, 0.1) is 0 Å². The van der Waals surface area contributed by atoms with Crippen LogP contribution in [0.25, 0.3) is 0 Å². The van der Waals surface area contributed by atoms with Crippen molar-refractivity contribution in [2.45, 2.75) is 38.9 Å². The molecule has 8 heteroatoms. The molecule has 1 aliphatic rings. The maximum Gasteiger partial charge on any atom is 0.494 e. The van der Waals surface area contributed by atoms with Gasteiger partial charge in [0.1, 0.15) is 0 Å². The molecule has 0 aliphatic carbocycles. The zero-order chi connectivity index (χ0) is 16.5. The summed E-state index contributed by atoms with van der Waals surface area (Å²) in [5, 5.41) is 0.00203. The smallest absolute Gasteiger partial charge is 0.399 e. The number of rotatable bonds is 2. The Labute approximate surface area is 135 Å². The minimum atomic E-state index is -0.447. The third-order valence-electron chi connectivity index (χ3n) is 4.00. The maximum absolute atomic E-state index is 11.8. The van der Waals surface area contributed by atoms with Crippen LogP contribution in [0.5, 0.6) is 0 Å². The Balaban J connectivity index is 2.07. The van der Waals surface area contributed by atoms with Gasteiger partial charge in [-0.05, 0) is 57.5 Å². The molecule has 0 unspecified atom stereocenters. The van der Waals surface area contributed by atoms with Crippen molar-refractivity contribution < 1.29 is 14.1 Å². The number of hydrazine groups is 1. The fourth-order valence-electron chi connectivity index (χ4n) is 1.96. The van der Waals surface area contributed by atoms with Gasteiger partial charge >= 0.3 is 7.12 Å². The third-order valence-corrected chi connectivity index (χ3v) is 4.10. The molecule has 1 fully saturated rings. The van der Waals surface area contributed by atoms with Crippen molar-refractivity contribution in [3.8, 4) is 0 Å². The number of hydrogen-bond donors (Lipinski definition) is 3. The van der Waals surface area contributed by atoms with E-state index >= 15 is 0 Å². The lowest BCUT2D eigenvalue weighted by Gasteiger charge is -2.32. The van der Waals surface area contributed by atoms with Crippen LogP contribution in [0.3, 0.4) is 0 Å². The highest BCUT2D eigenvalue weighted by atomic mass is 32.1. The van der Waals surface area contributed by atoms with Crippen molar-refractivity contribution in [3.05, 3.63) is 29.8 Å². The molecule has 0 atom stereocenters. The Morgan fingerprint density at radius 3 is 2.05 bits per heavy atom. The van der Waals surface area contributed by atoms with Crippen LogP contribution in [0.15, 0.2) is 24.3 Å². The van der Waals surface area contributed by atoms with Crippen LogP contribution in [-0.4, -0.2) is 29.3 Å². The van der Waals surface area contributed by atoms with E-state index in [0.29, 0.717) is 5.56 Å². The number of amides is 1. The highest BCUT2D eigenvalue weighted by molar-refractivity contribution is 7.80. The summed E-state index contributed by atoms with van der Waals surface area (Å²) in [7, 11) is -0.447. The second kappa shape index (κ2) is 5.87. The van der Waals surface area contributed by atoms with E-state index in [2.05, 4.69) is 23.1 Å². The fraction of sp³-hybridized carbons (Fsp3) is 0.429. The summed E-state index contributed by atoms with van der Waals surface area (Å²) in [6, 6.07) is 6.99. The van der Waals surface area contributed by atoms with E-state index in [0.717, 1.165) is 5.46 Å². The van der Waals surface area contributed by atoms with Crippen LogP contribution in [0.4, 0.5) is 0 Å². The van der Waals surface area contributed by atoms with Gasteiger partial charge in [-0.2, -0.15) is 0 Å². The molecule has 1 aromatic rings. The molecule has 1 saturated heterocycles. The highest BCUT2D eigenvalue weighted by Crippen LogP contribution is 2.36. The molecule has 4 N–H and O–H groups in total. The van der Waals surface area contributed by atoms with E-state index in [4.69, 9.17) is 15.0 Å². The molecule has 22 heavy (non-hydrogen) atoms. The summed E-state index contributed by atoms with van der Waals surface area (Å²) in [6.07, 6.45) is 0. The Hall–Kier alpha value is -1.64. The molecular weight excluding hydrogens is 301 g/mol. The molecule has 0 spiro atoms. The molecule has 1 aliphatic heterocycles. The second-order valence-corrected chi connectivity index (χ2v) is 6.59. The molecule has 2 rings (SSSR count). The van der Waals surface area contributed by atoms with Crippen molar-refractivity contribution in [2.75, 3.05) is 0 Å². The summed E-state index contributed by atoms with van der Waals surface area (Å²) in [5.74, 6) is -0.326. The number of nitrogens with one attached hydrogen (secondary N) is 2. The number of thiocarbonyl (C=S) groups is 1. The standard InChI is InChI=1S/C14H20BN3O3S/c1-13(2)14(3,4)21-15(20-13)10-7-5-9(6-8-10)11(19)17-18-12(16)22/h5-8H,1-4H3,(H,17,19)(H3,16,18,22). The Bertz CT molecular complexity index is 574. The summed E-state index contributed by atoms with van der Waals surface area (Å²) < 4.78 is 11.9. The SMILES string of the molecule is CC1(C)OB(c2ccc(C(=O)NNC(N)=S)cc2)OC1(C)C. The molecule has 1 amide bonds. The molecule has 0 radical (unpaired) electrons. The van der Waals surface area contributed by atoms with Crippen LogP contribution in [0.1, 0.15) is 38.1 Å². The van der Waals surface area contributed by atoms with Crippen molar-refractivity contribution in [1.29, 1.82) is 0 Å². The summed E-state index contributed by atoms with van der Waals surface area (Å²) in [5.41, 5.74) is 10.6. The molecule has 0 bridgehead atoms. The second-order valence-electron chi connectivity index (χ2n) is 6.15. The first-order valence-electron chi connectivity index (χ1n) is 6.94. The van der Waals surface area contributed by atoms with Gasteiger partial charge in [0.05, 0.1) is 11.2 Å². The molecule has 1 aromatic carbocycles. The third kappa shape index (κ3) is 3.40. The van der Waals surface area contributed by atoms with E-state index in [1.807, 2.05) is 27.7 Å². The summed E-state index contributed by atoms with van der Waals surface area (Å²) >= 11 is 4.62. The fourth-order valence-corrected chi connectivity index (χ4v) is 2.01. The Kier molecular flexibility index (Phi) is 4.46. The van der Waals surface area contributed by atoms with E-state index < -0.39 is 18.3 Å². The largest absolute Gasteiger partial charge is 0.494 e. The highest BCUT2D eigenvalue weighted by Gasteiger charge is 2.51. The van der Waals surface area contributed by atoms with Gasteiger partial charge in [0, 0.05) is 5.56 Å². The van der Waals surface area contributed by atoms with Crippen LogP contribution >= 0.6 is 12.2 Å². The topological polar surface area (TPSA) is 85.6 Å². The zero-order valence-electron chi connectivity index (χ0n) is 13.1. The van der Waals surface area contributed by atoms with Crippen molar-refractivity contribution >= 4 is 35.8 Å². The van der Waals surface area contributed by atoms with E-state index in [9.17, 15) is 4.79 Å². The van der Waals surface area contributed by atoms with E-state index in [1.165, 1.54) is 0 Å². The molecule has 0 aromatic heterocycles. The number of nitrogens with two attached hydrogens (primary N) is 1. The number of benzene rings is 1. The first kappa shape index (κ1) is 16.7. The van der Waals surface area contributed by atoms with Crippen LogP contribution in [-0.2, 0) is 9.31 Å². The van der Waals surface area contributed by atoms with E-state index in [1.54, 1.807) is 24.3 Å². The Morgan fingerprint density at radius 1 is 1.09 bits per heavy atom. The first-order valence-corrected chi connectivity index (χ1v) is 7.34. The van der Waals surface area contributed by atoms with Gasteiger partial charge in [-0.15, -0.1) is 0 Å². The lowest BCUT2D eigenvalue weighted by atomic mass is 9.79. The van der Waals surface area contributed by atoms with Gasteiger partial charge in [-0.25, -0.2) is 0 Å². The predicted molar refractivity (Wildman–Crippen MR) is 89.5 cm³/mol. The number of carbonyl (C=O) groups is 1. The van der Waals surface area contributed by atoms with Crippen LogP contribution in [0.2, 0.25) is 0 Å². The summed E-state index contributed by atoms with van der Waals surface area (Å²) in [4.78, 5) is 11.8. The van der Waals surface area contributed by atoms with Gasteiger partial charge in [0.25, 0.3) is 5.91 Å². The number of carbonyl (C=O) groups excluding carboxylic acids is 1. The monoisotopic (exact) mass is 321 g/mol. The lowest BCUT2D eigenvalue weighted by molar-refractivity contribution is 0.00578. The van der Waals surface area contributed by atoms with Gasteiger partial charge < -0.3 is 15.0 Å². The Morgan fingerprint density at radius 2 is 1.59 bits per heavy atom. The first-order chi connectivity index (χ1) is 10.1. The maximum atomic E-state index is 11.8. The van der Waals surface area contributed by atoms with Gasteiger partial charge in [-0.3, -0.25) is 15.6 Å². The van der Waals surface area contributed by atoms with Gasteiger partial charge in [-0.1, -0.05) is 12.1 Å². The molecule has 118 valence electrons. The molecule has 1 heterocycles. The average molecular weight is 321 g/mol. The predicted octanol–water partition coefficient (Wildman–Crippen LogP) is 0.464. The quantitative estimate of drug-likeness (QED) is 0.417. The minimum Gasteiger partial charge on any atom is -0.399 e. The van der Waals surface area contributed by atoms with Crippen molar-refractivity contribution in [1.82, 2.24) is 10.9 Å². The minimum absolute atomic E-state index is 0.00203. The molecule has 0 saturated carbocycles. The van der Waals surface area contributed by atoms with Gasteiger partial charge in [0.2, 0.25) is 0 Å². The zero-order valence-corrected chi connectivity index (χ0v) is 13.9. The summed E-state index contributed by atoms with van der Waals surface area (Å²) in [6.45, 7) is 7.98. The normalized spacial score (nSPS) is 18.8. The number of hydrogen-bond acceptors (Lipinski definition) is 4. The van der Waals surface area contributed by atoms with Crippen molar-refractivity contribution in [3.63, 3.8) is 0 Å². The average Bonchev–Trinajstić information content (AvgIpc) is 2.65. The van der Waals surface area contributed by atoms with Crippen LogP contribution < -0.4 is 22.0 Å². The van der Waals surface area contributed by atoms with Gasteiger partial charge in [0.15, 0.2) is 5.11 Å². The molecular formula is C14H20BN3O3S. The van der Waals surface area contributed by atoms with E-state index in [-0.39, 0.29) is 11.0 Å².